The third-order valence-electron chi connectivity index (χ3n) is 4.39. The summed E-state index contributed by atoms with van der Waals surface area (Å²) in [7, 11) is 1.52. The Labute approximate surface area is 182 Å². The molecule has 9 nitrogen and oxygen atoms in total. The van der Waals surface area contributed by atoms with Crippen molar-refractivity contribution < 1.29 is 9.84 Å². The second-order valence-corrected chi connectivity index (χ2v) is 8.19. The maximum atomic E-state index is 12.5. The summed E-state index contributed by atoms with van der Waals surface area (Å²) in [5.41, 5.74) is -0.725. The van der Waals surface area contributed by atoms with E-state index in [4.69, 9.17) is 27.9 Å². The molecule has 2 heterocycles. The van der Waals surface area contributed by atoms with Gasteiger partial charge in [-0.25, -0.2) is 4.79 Å². The highest BCUT2D eigenvalue weighted by Gasteiger charge is 2.20. The van der Waals surface area contributed by atoms with Crippen LogP contribution in [0.1, 0.15) is 13.8 Å². The molecule has 0 spiro atoms. The molecule has 162 valence electrons. The van der Waals surface area contributed by atoms with Crippen molar-refractivity contribution in [2.24, 2.45) is 13.0 Å². The quantitative estimate of drug-likeness (QED) is 0.479. The molecule has 0 aliphatic rings. The number of benzene rings is 1. The number of fused-ring (bicyclic) bond motifs is 1. The first-order chi connectivity index (χ1) is 14.2. The van der Waals surface area contributed by atoms with Gasteiger partial charge in [-0.15, -0.1) is 0 Å². The van der Waals surface area contributed by atoms with E-state index in [0.29, 0.717) is 34.2 Å². The Morgan fingerprint density at radius 3 is 2.70 bits per heavy atom. The molecule has 1 aromatic carbocycles. The summed E-state index contributed by atoms with van der Waals surface area (Å²) in [6.07, 6.45) is -0.981. The number of aromatic nitrogens is 4. The summed E-state index contributed by atoms with van der Waals surface area (Å²) in [5, 5.41) is 14.5. The van der Waals surface area contributed by atoms with Crippen molar-refractivity contribution in [3.63, 3.8) is 0 Å². The zero-order valence-corrected chi connectivity index (χ0v) is 18.3. The zero-order chi connectivity index (χ0) is 22.0. The lowest BCUT2D eigenvalue weighted by Gasteiger charge is -2.17. The molecule has 0 saturated heterocycles. The molecular formula is C19H23Cl2N5O4. The second-order valence-electron chi connectivity index (χ2n) is 7.35. The lowest BCUT2D eigenvalue weighted by molar-refractivity contribution is 0.0939. The van der Waals surface area contributed by atoms with Crippen LogP contribution in [0.3, 0.4) is 0 Å². The van der Waals surface area contributed by atoms with Crippen LogP contribution in [0.25, 0.3) is 11.2 Å². The smallest absolute Gasteiger partial charge is 0.329 e. The molecule has 1 atom stereocenters. The summed E-state index contributed by atoms with van der Waals surface area (Å²) in [5.74, 6) is 1.09. The normalized spacial score (nSPS) is 12.5. The Kier molecular flexibility index (Phi) is 6.74. The minimum absolute atomic E-state index is 0.0173. The minimum Gasteiger partial charge on any atom is -0.489 e. The number of aliphatic hydroxyl groups excluding tert-OH is 1. The molecule has 3 rings (SSSR count). The average Bonchev–Trinajstić information content (AvgIpc) is 3.02. The van der Waals surface area contributed by atoms with Gasteiger partial charge < -0.3 is 19.7 Å². The van der Waals surface area contributed by atoms with Gasteiger partial charge in [-0.1, -0.05) is 37.0 Å². The zero-order valence-electron chi connectivity index (χ0n) is 16.8. The van der Waals surface area contributed by atoms with Gasteiger partial charge in [0.25, 0.3) is 5.56 Å². The Hall–Kier alpha value is -2.49. The highest BCUT2D eigenvalue weighted by atomic mass is 35.5. The number of aryl methyl sites for hydroxylation is 1. The predicted molar refractivity (Wildman–Crippen MR) is 117 cm³/mol. The Morgan fingerprint density at radius 1 is 1.30 bits per heavy atom. The van der Waals surface area contributed by atoms with E-state index in [0.717, 1.165) is 0 Å². The number of anilines is 1. The third-order valence-corrected chi connectivity index (χ3v) is 4.92. The summed E-state index contributed by atoms with van der Waals surface area (Å²) >= 11 is 12.0. The topological polar surface area (TPSA) is 114 Å². The molecule has 0 saturated carbocycles. The number of H-pyrrole nitrogens is 1. The lowest BCUT2D eigenvalue weighted by Crippen LogP contribution is -2.31. The molecule has 11 heteroatoms. The van der Waals surface area contributed by atoms with E-state index in [-0.39, 0.29) is 24.3 Å². The largest absolute Gasteiger partial charge is 0.489 e. The molecule has 0 bridgehead atoms. The highest BCUT2D eigenvalue weighted by Crippen LogP contribution is 2.27. The molecular weight excluding hydrogens is 433 g/mol. The number of nitrogens with one attached hydrogen (secondary N) is 2. The maximum Gasteiger partial charge on any atom is 0.329 e. The molecule has 3 aromatic rings. The maximum absolute atomic E-state index is 12.5. The van der Waals surface area contributed by atoms with Gasteiger partial charge in [-0.05, 0) is 24.1 Å². The molecule has 0 amide bonds. The van der Waals surface area contributed by atoms with Gasteiger partial charge in [0.2, 0.25) is 5.95 Å². The highest BCUT2D eigenvalue weighted by molar-refractivity contribution is 6.35. The van der Waals surface area contributed by atoms with E-state index >= 15 is 0 Å². The molecule has 0 fully saturated rings. The van der Waals surface area contributed by atoms with Crippen LogP contribution in [0, 0.1) is 5.92 Å². The summed E-state index contributed by atoms with van der Waals surface area (Å²) in [6, 6.07) is 4.79. The van der Waals surface area contributed by atoms with Crippen LogP contribution in [0.15, 0.2) is 27.8 Å². The van der Waals surface area contributed by atoms with Gasteiger partial charge in [0.15, 0.2) is 11.2 Å². The number of hydrogen-bond acceptors (Lipinski definition) is 6. The second kappa shape index (κ2) is 9.11. The van der Waals surface area contributed by atoms with Gasteiger partial charge in [-0.2, -0.15) is 4.98 Å². The standard InChI is InChI=1S/C19H23Cl2N5O4/c1-10(2)7-22-18-23-16-15(17(28)24-19(29)25(16)3)26(18)8-12(27)9-30-14-5-4-11(20)6-13(14)21/h4-6,10,12,27H,7-9H2,1-3H3,(H,22,23)(H,24,28,29)/t12-/m0/s1. The van der Waals surface area contributed by atoms with E-state index in [1.165, 1.54) is 11.6 Å². The van der Waals surface area contributed by atoms with E-state index in [1.54, 1.807) is 22.8 Å². The molecule has 0 aliphatic heterocycles. The van der Waals surface area contributed by atoms with Crippen LogP contribution in [-0.4, -0.2) is 43.5 Å². The fraction of sp³-hybridized carbons (Fsp3) is 0.421. The van der Waals surface area contributed by atoms with Crippen molar-refractivity contribution in [1.29, 1.82) is 0 Å². The van der Waals surface area contributed by atoms with Gasteiger partial charge in [0.1, 0.15) is 18.5 Å². The first-order valence-electron chi connectivity index (χ1n) is 9.36. The Morgan fingerprint density at radius 2 is 2.03 bits per heavy atom. The van der Waals surface area contributed by atoms with Crippen molar-refractivity contribution in [3.8, 4) is 5.75 Å². The molecule has 2 aromatic heterocycles. The molecule has 3 N–H and O–H groups in total. The van der Waals surface area contributed by atoms with E-state index < -0.39 is 17.4 Å². The van der Waals surface area contributed by atoms with Crippen LogP contribution in [0.2, 0.25) is 10.0 Å². The Balaban J connectivity index is 1.89. The lowest BCUT2D eigenvalue weighted by atomic mass is 10.2. The van der Waals surface area contributed by atoms with Gasteiger partial charge >= 0.3 is 5.69 Å². The number of nitrogens with zero attached hydrogens (tertiary/aromatic N) is 3. The van der Waals surface area contributed by atoms with Crippen molar-refractivity contribution in [2.75, 3.05) is 18.5 Å². The number of aliphatic hydroxyl groups is 1. The van der Waals surface area contributed by atoms with Gasteiger partial charge in [0.05, 0.1) is 11.6 Å². The first kappa shape index (κ1) is 22.2. The number of imidazole rings is 1. The number of ether oxygens (including phenoxy) is 1. The summed E-state index contributed by atoms with van der Waals surface area (Å²) < 4.78 is 8.39. The number of aromatic amines is 1. The van der Waals surface area contributed by atoms with Crippen LogP contribution >= 0.6 is 23.2 Å². The molecule has 0 unspecified atom stereocenters. The van der Waals surface area contributed by atoms with Crippen LogP contribution in [0.5, 0.6) is 5.75 Å². The average molecular weight is 456 g/mol. The van der Waals surface area contributed by atoms with E-state index in [9.17, 15) is 14.7 Å². The fourth-order valence-electron chi connectivity index (χ4n) is 2.88. The number of halogens is 2. The number of hydrogen-bond donors (Lipinski definition) is 3. The van der Waals surface area contributed by atoms with Crippen molar-refractivity contribution >= 4 is 40.3 Å². The van der Waals surface area contributed by atoms with E-state index in [1.807, 2.05) is 13.8 Å². The van der Waals surface area contributed by atoms with Crippen molar-refractivity contribution in [1.82, 2.24) is 19.1 Å². The van der Waals surface area contributed by atoms with E-state index in [2.05, 4.69) is 15.3 Å². The predicted octanol–water partition coefficient (Wildman–Crippen LogP) is 2.24. The molecule has 0 aliphatic carbocycles. The minimum atomic E-state index is -0.981. The van der Waals surface area contributed by atoms with Gasteiger partial charge in [-0.3, -0.25) is 14.3 Å². The third kappa shape index (κ3) is 4.80. The van der Waals surface area contributed by atoms with Crippen molar-refractivity contribution in [2.45, 2.75) is 26.5 Å². The molecule has 30 heavy (non-hydrogen) atoms. The fourth-order valence-corrected chi connectivity index (χ4v) is 3.35. The number of rotatable bonds is 8. The van der Waals surface area contributed by atoms with Crippen molar-refractivity contribution in [3.05, 3.63) is 49.1 Å². The van der Waals surface area contributed by atoms with Crippen LogP contribution < -0.4 is 21.3 Å². The SMILES string of the molecule is CC(C)CNc1nc2c(c(=O)[nH]c(=O)n2C)n1C[C@H](O)COc1ccc(Cl)cc1Cl. The molecule has 0 radical (unpaired) electrons. The monoisotopic (exact) mass is 455 g/mol. The summed E-state index contributed by atoms with van der Waals surface area (Å²) in [4.78, 5) is 31.1. The summed E-state index contributed by atoms with van der Waals surface area (Å²) in [6.45, 7) is 4.60. The van der Waals surface area contributed by atoms with Crippen LogP contribution in [0.4, 0.5) is 5.95 Å². The Bertz CT molecular complexity index is 1170. The van der Waals surface area contributed by atoms with Crippen LogP contribution in [-0.2, 0) is 13.6 Å². The first-order valence-corrected chi connectivity index (χ1v) is 10.1. The van der Waals surface area contributed by atoms with Gasteiger partial charge in [0, 0.05) is 18.6 Å².